The maximum atomic E-state index is 12.8. The highest BCUT2D eigenvalue weighted by Crippen LogP contribution is 2.14. The number of hydrogen-bond acceptors (Lipinski definition) is 3. The van der Waals surface area contributed by atoms with Gasteiger partial charge in [-0.15, -0.1) is 0 Å². The van der Waals surface area contributed by atoms with Crippen LogP contribution in [0.1, 0.15) is 27.9 Å². The Morgan fingerprint density at radius 3 is 2.44 bits per heavy atom. The SMILES string of the molecule is O=C(O)c1ccc(CNC(=O)N(CCc2ccccc2)C2CCOC2)cc1. The van der Waals surface area contributed by atoms with Crippen molar-refractivity contribution in [3.63, 3.8) is 0 Å². The minimum atomic E-state index is -0.959. The average Bonchev–Trinajstić information content (AvgIpc) is 3.22. The lowest BCUT2D eigenvalue weighted by molar-refractivity contribution is 0.0697. The molecule has 1 unspecified atom stereocenters. The first-order valence-corrected chi connectivity index (χ1v) is 9.12. The van der Waals surface area contributed by atoms with Gasteiger partial charge in [-0.3, -0.25) is 0 Å². The largest absolute Gasteiger partial charge is 0.478 e. The van der Waals surface area contributed by atoms with Gasteiger partial charge in [0, 0.05) is 19.7 Å². The molecule has 0 aromatic heterocycles. The molecule has 0 bridgehead atoms. The zero-order valence-electron chi connectivity index (χ0n) is 15.1. The number of carbonyl (C=O) groups excluding carboxylic acids is 1. The second kappa shape index (κ2) is 9.19. The topological polar surface area (TPSA) is 78.9 Å². The number of carboxylic acids is 1. The van der Waals surface area contributed by atoms with Crippen LogP contribution in [0.3, 0.4) is 0 Å². The van der Waals surface area contributed by atoms with Gasteiger partial charge in [0.1, 0.15) is 0 Å². The molecule has 1 aliphatic heterocycles. The minimum Gasteiger partial charge on any atom is -0.478 e. The van der Waals surface area contributed by atoms with Crippen molar-refractivity contribution in [2.45, 2.75) is 25.4 Å². The Morgan fingerprint density at radius 2 is 1.81 bits per heavy atom. The first kappa shape index (κ1) is 18.9. The zero-order chi connectivity index (χ0) is 19.1. The van der Waals surface area contributed by atoms with Crippen molar-refractivity contribution in [3.05, 3.63) is 71.3 Å². The fourth-order valence-electron chi connectivity index (χ4n) is 3.16. The second-order valence-corrected chi connectivity index (χ2v) is 6.61. The monoisotopic (exact) mass is 368 g/mol. The molecular formula is C21H24N2O4. The van der Waals surface area contributed by atoms with Crippen molar-refractivity contribution >= 4 is 12.0 Å². The van der Waals surface area contributed by atoms with Crippen molar-refractivity contribution in [1.29, 1.82) is 0 Å². The first-order valence-electron chi connectivity index (χ1n) is 9.12. The van der Waals surface area contributed by atoms with Gasteiger partial charge in [0.15, 0.2) is 0 Å². The van der Waals surface area contributed by atoms with Crippen molar-refractivity contribution in [2.75, 3.05) is 19.8 Å². The van der Waals surface area contributed by atoms with Crippen LogP contribution in [0.4, 0.5) is 4.79 Å². The molecule has 1 fully saturated rings. The van der Waals surface area contributed by atoms with Gasteiger partial charge >= 0.3 is 12.0 Å². The van der Waals surface area contributed by atoms with Crippen molar-refractivity contribution in [1.82, 2.24) is 10.2 Å². The molecule has 2 amide bonds. The van der Waals surface area contributed by atoms with Gasteiger partial charge in [-0.2, -0.15) is 0 Å². The standard InChI is InChI=1S/C21H24N2O4/c24-20(25)18-8-6-17(7-9-18)14-22-21(26)23(19-11-13-27-15-19)12-10-16-4-2-1-3-5-16/h1-9,19H,10-15H2,(H,22,26)(H,24,25). The number of rotatable bonds is 7. The molecule has 1 saturated heterocycles. The normalized spacial score (nSPS) is 16.1. The maximum absolute atomic E-state index is 12.8. The van der Waals surface area contributed by atoms with E-state index in [0.717, 1.165) is 18.4 Å². The highest BCUT2D eigenvalue weighted by atomic mass is 16.5. The second-order valence-electron chi connectivity index (χ2n) is 6.61. The van der Waals surface area contributed by atoms with Crippen LogP contribution in [0.25, 0.3) is 0 Å². The Labute approximate surface area is 158 Å². The van der Waals surface area contributed by atoms with E-state index < -0.39 is 5.97 Å². The van der Waals surface area contributed by atoms with Crippen LogP contribution in [0.5, 0.6) is 0 Å². The summed E-state index contributed by atoms with van der Waals surface area (Å²) in [6, 6.07) is 16.6. The molecule has 142 valence electrons. The number of nitrogens with zero attached hydrogens (tertiary/aromatic N) is 1. The van der Waals surface area contributed by atoms with Crippen LogP contribution in [0.2, 0.25) is 0 Å². The Bertz CT molecular complexity index is 756. The number of aromatic carboxylic acids is 1. The van der Waals surface area contributed by atoms with Crippen LogP contribution < -0.4 is 5.32 Å². The van der Waals surface area contributed by atoms with E-state index in [1.54, 1.807) is 24.3 Å². The molecule has 0 aliphatic carbocycles. The summed E-state index contributed by atoms with van der Waals surface area (Å²) in [7, 11) is 0. The van der Waals surface area contributed by atoms with Gasteiger partial charge in [-0.1, -0.05) is 42.5 Å². The summed E-state index contributed by atoms with van der Waals surface area (Å²) >= 11 is 0. The summed E-state index contributed by atoms with van der Waals surface area (Å²) in [6.45, 7) is 2.22. The van der Waals surface area contributed by atoms with Crippen LogP contribution >= 0.6 is 0 Å². The molecule has 27 heavy (non-hydrogen) atoms. The molecule has 0 spiro atoms. The van der Waals surface area contributed by atoms with Crippen LogP contribution in [-0.2, 0) is 17.7 Å². The van der Waals surface area contributed by atoms with Crippen LogP contribution in [-0.4, -0.2) is 47.8 Å². The van der Waals surface area contributed by atoms with Crippen LogP contribution in [0.15, 0.2) is 54.6 Å². The Morgan fingerprint density at radius 1 is 1.07 bits per heavy atom. The van der Waals surface area contributed by atoms with Gasteiger partial charge in [0.05, 0.1) is 18.2 Å². The quantitative estimate of drug-likeness (QED) is 0.788. The molecule has 1 aliphatic rings. The summed E-state index contributed by atoms with van der Waals surface area (Å²) in [5.74, 6) is -0.959. The number of carbonyl (C=O) groups is 2. The number of hydrogen-bond donors (Lipinski definition) is 2. The van der Waals surface area contributed by atoms with E-state index in [9.17, 15) is 9.59 Å². The molecule has 2 aromatic rings. The fourth-order valence-corrected chi connectivity index (χ4v) is 3.16. The van der Waals surface area contributed by atoms with Crippen molar-refractivity contribution in [2.24, 2.45) is 0 Å². The molecular weight excluding hydrogens is 344 g/mol. The lowest BCUT2D eigenvalue weighted by Gasteiger charge is -2.28. The highest BCUT2D eigenvalue weighted by Gasteiger charge is 2.27. The number of nitrogens with one attached hydrogen (secondary N) is 1. The van der Waals surface area contributed by atoms with E-state index in [2.05, 4.69) is 17.4 Å². The number of urea groups is 1. The van der Waals surface area contributed by atoms with Gasteiger partial charge in [-0.05, 0) is 36.1 Å². The summed E-state index contributed by atoms with van der Waals surface area (Å²) in [4.78, 5) is 25.5. The zero-order valence-corrected chi connectivity index (χ0v) is 15.1. The molecule has 0 saturated carbocycles. The van der Waals surface area contributed by atoms with E-state index in [1.165, 1.54) is 5.56 Å². The third-order valence-electron chi connectivity index (χ3n) is 4.74. The Balaban J connectivity index is 1.59. The predicted molar refractivity (Wildman–Crippen MR) is 102 cm³/mol. The molecule has 2 N–H and O–H groups in total. The summed E-state index contributed by atoms with van der Waals surface area (Å²) in [6.07, 6.45) is 1.63. The van der Waals surface area contributed by atoms with Crippen molar-refractivity contribution in [3.8, 4) is 0 Å². The lowest BCUT2D eigenvalue weighted by atomic mass is 10.1. The number of benzene rings is 2. The molecule has 1 heterocycles. The minimum absolute atomic E-state index is 0.0862. The molecule has 1 atom stereocenters. The number of ether oxygens (including phenoxy) is 1. The molecule has 0 radical (unpaired) electrons. The molecule has 3 rings (SSSR count). The average molecular weight is 368 g/mol. The first-order chi connectivity index (χ1) is 13.1. The third-order valence-corrected chi connectivity index (χ3v) is 4.74. The summed E-state index contributed by atoms with van der Waals surface area (Å²) in [5.41, 5.74) is 2.29. The number of carboxylic acid groups (broad SMARTS) is 1. The molecule has 6 nitrogen and oxygen atoms in total. The lowest BCUT2D eigenvalue weighted by Crippen LogP contribution is -2.47. The van der Waals surface area contributed by atoms with E-state index in [1.807, 2.05) is 23.1 Å². The third kappa shape index (κ3) is 5.31. The van der Waals surface area contributed by atoms with Crippen molar-refractivity contribution < 1.29 is 19.4 Å². The van der Waals surface area contributed by atoms with Gasteiger partial charge in [-0.25, -0.2) is 9.59 Å². The van der Waals surface area contributed by atoms with E-state index >= 15 is 0 Å². The van der Waals surface area contributed by atoms with Gasteiger partial charge < -0.3 is 20.1 Å². The van der Waals surface area contributed by atoms with E-state index in [-0.39, 0.29) is 17.6 Å². The molecule has 6 heteroatoms. The smallest absolute Gasteiger partial charge is 0.335 e. The summed E-state index contributed by atoms with van der Waals surface area (Å²) < 4.78 is 5.46. The highest BCUT2D eigenvalue weighted by molar-refractivity contribution is 5.87. The van der Waals surface area contributed by atoms with Gasteiger partial charge in [0.2, 0.25) is 0 Å². The van der Waals surface area contributed by atoms with Gasteiger partial charge in [0.25, 0.3) is 0 Å². The fraction of sp³-hybridized carbons (Fsp3) is 0.333. The Hall–Kier alpha value is -2.86. The van der Waals surface area contributed by atoms with Crippen LogP contribution in [0, 0.1) is 0 Å². The van der Waals surface area contributed by atoms with E-state index in [4.69, 9.17) is 9.84 Å². The summed E-state index contributed by atoms with van der Waals surface area (Å²) in [5, 5.41) is 11.9. The maximum Gasteiger partial charge on any atom is 0.335 e. The predicted octanol–water partition coefficient (Wildman–Crippen LogP) is 2.93. The molecule has 2 aromatic carbocycles. The van der Waals surface area contributed by atoms with E-state index in [0.29, 0.717) is 26.3 Å². The number of amides is 2. The Kier molecular flexibility index (Phi) is 6.44.